The Morgan fingerprint density at radius 1 is 1.29 bits per heavy atom. The number of nitrogens with one attached hydrogen (secondary N) is 2. The molecule has 0 spiro atoms. The molecule has 0 radical (unpaired) electrons. The molecule has 2 heterocycles. The molecule has 2 aromatic heterocycles. The standard InChI is InChI=1S/C13H21N7S/c1-4-6-9(10-7-5-8-21-10)15-11-16-12(19-14)18-13(17-11)20(2)3/h5,7-9H,4,6,14H2,1-3H3,(H2,15,16,17,18,19). The van der Waals surface area contributed by atoms with Gasteiger partial charge in [-0.2, -0.15) is 15.0 Å². The highest BCUT2D eigenvalue weighted by molar-refractivity contribution is 7.10. The third-order valence-corrected chi connectivity index (χ3v) is 3.91. The fraction of sp³-hybridized carbons (Fsp3) is 0.462. The van der Waals surface area contributed by atoms with Crippen LogP contribution in [0.15, 0.2) is 17.5 Å². The Labute approximate surface area is 128 Å². The predicted octanol–water partition coefficient (Wildman–Crippen LogP) is 2.24. The summed E-state index contributed by atoms with van der Waals surface area (Å²) in [7, 11) is 3.75. The number of nitrogen functional groups attached to an aromatic ring is 1. The molecule has 0 saturated heterocycles. The van der Waals surface area contributed by atoms with Gasteiger partial charge in [-0.3, -0.25) is 5.43 Å². The normalized spacial score (nSPS) is 12.0. The number of anilines is 3. The van der Waals surface area contributed by atoms with Crippen molar-refractivity contribution < 1.29 is 0 Å². The number of aromatic nitrogens is 3. The van der Waals surface area contributed by atoms with Crippen LogP contribution in [0, 0.1) is 0 Å². The van der Waals surface area contributed by atoms with Gasteiger partial charge < -0.3 is 10.2 Å². The van der Waals surface area contributed by atoms with Gasteiger partial charge in [-0.05, 0) is 17.9 Å². The molecule has 2 rings (SSSR count). The highest BCUT2D eigenvalue weighted by Crippen LogP contribution is 2.26. The van der Waals surface area contributed by atoms with Crippen LogP contribution in [0.3, 0.4) is 0 Å². The zero-order valence-corrected chi connectivity index (χ0v) is 13.3. The number of hydrazine groups is 1. The summed E-state index contributed by atoms with van der Waals surface area (Å²) in [5.74, 6) is 6.85. The summed E-state index contributed by atoms with van der Waals surface area (Å²) in [5.41, 5.74) is 2.48. The molecule has 0 aliphatic heterocycles. The number of nitrogens with zero attached hydrogens (tertiary/aromatic N) is 4. The predicted molar refractivity (Wildman–Crippen MR) is 87.6 cm³/mol. The van der Waals surface area contributed by atoms with Crippen molar-refractivity contribution in [3.8, 4) is 0 Å². The molecule has 0 saturated carbocycles. The monoisotopic (exact) mass is 307 g/mol. The lowest BCUT2D eigenvalue weighted by Gasteiger charge is -2.18. The summed E-state index contributed by atoms with van der Waals surface area (Å²) in [5, 5.41) is 5.45. The number of hydrogen-bond acceptors (Lipinski definition) is 8. The van der Waals surface area contributed by atoms with E-state index >= 15 is 0 Å². The van der Waals surface area contributed by atoms with Crippen molar-refractivity contribution in [1.82, 2.24) is 15.0 Å². The van der Waals surface area contributed by atoms with Crippen LogP contribution in [0.5, 0.6) is 0 Å². The van der Waals surface area contributed by atoms with Gasteiger partial charge in [0.1, 0.15) is 0 Å². The van der Waals surface area contributed by atoms with Crippen LogP contribution < -0.4 is 21.5 Å². The highest BCUT2D eigenvalue weighted by Gasteiger charge is 2.15. The average molecular weight is 307 g/mol. The summed E-state index contributed by atoms with van der Waals surface area (Å²) in [6.07, 6.45) is 2.08. The van der Waals surface area contributed by atoms with E-state index in [1.807, 2.05) is 19.0 Å². The lowest BCUT2D eigenvalue weighted by Crippen LogP contribution is -2.20. The Morgan fingerprint density at radius 2 is 2.05 bits per heavy atom. The minimum Gasteiger partial charge on any atom is -0.347 e. The quantitative estimate of drug-likeness (QED) is 0.533. The Bertz CT molecular complexity index is 556. The number of thiophene rings is 1. The summed E-state index contributed by atoms with van der Waals surface area (Å²) in [6.45, 7) is 2.16. The second kappa shape index (κ2) is 7.19. The molecule has 0 fully saturated rings. The molecule has 0 aliphatic carbocycles. The van der Waals surface area contributed by atoms with Gasteiger partial charge in [-0.1, -0.05) is 19.4 Å². The van der Waals surface area contributed by atoms with E-state index in [2.05, 4.69) is 50.1 Å². The molecule has 7 nitrogen and oxygen atoms in total. The topological polar surface area (TPSA) is 92.0 Å². The van der Waals surface area contributed by atoms with Crippen LogP contribution in [-0.2, 0) is 0 Å². The van der Waals surface area contributed by atoms with Crippen molar-refractivity contribution in [1.29, 1.82) is 0 Å². The van der Waals surface area contributed by atoms with Gasteiger partial charge in [0, 0.05) is 19.0 Å². The van der Waals surface area contributed by atoms with Crippen molar-refractivity contribution in [3.63, 3.8) is 0 Å². The molecule has 1 unspecified atom stereocenters. The maximum atomic E-state index is 5.42. The maximum Gasteiger partial charge on any atom is 0.243 e. The van der Waals surface area contributed by atoms with E-state index in [9.17, 15) is 0 Å². The SMILES string of the molecule is CCCC(Nc1nc(NN)nc(N(C)C)n1)c1cccs1. The van der Waals surface area contributed by atoms with Gasteiger partial charge >= 0.3 is 0 Å². The molecule has 2 aromatic rings. The molecule has 21 heavy (non-hydrogen) atoms. The van der Waals surface area contributed by atoms with Gasteiger partial charge in [0.25, 0.3) is 0 Å². The minimum absolute atomic E-state index is 0.193. The van der Waals surface area contributed by atoms with Crippen LogP contribution in [0.25, 0.3) is 0 Å². The second-order valence-corrected chi connectivity index (χ2v) is 5.80. The molecule has 0 aromatic carbocycles. The molecule has 0 bridgehead atoms. The number of nitrogens with two attached hydrogens (primary N) is 1. The Balaban J connectivity index is 2.25. The Kier molecular flexibility index (Phi) is 5.29. The summed E-state index contributed by atoms with van der Waals surface area (Å²) in [6, 6.07) is 4.36. The first-order chi connectivity index (χ1) is 10.1. The second-order valence-electron chi connectivity index (χ2n) is 4.82. The smallest absolute Gasteiger partial charge is 0.243 e. The van der Waals surface area contributed by atoms with Crippen LogP contribution in [0.1, 0.15) is 30.7 Å². The van der Waals surface area contributed by atoms with E-state index in [1.54, 1.807) is 11.3 Å². The molecule has 114 valence electrons. The fourth-order valence-electron chi connectivity index (χ4n) is 1.91. The average Bonchev–Trinajstić information content (AvgIpc) is 3.00. The molecule has 0 amide bonds. The molecule has 1 atom stereocenters. The zero-order chi connectivity index (χ0) is 15.2. The largest absolute Gasteiger partial charge is 0.347 e. The number of rotatable bonds is 7. The van der Waals surface area contributed by atoms with E-state index in [1.165, 1.54) is 4.88 Å². The highest BCUT2D eigenvalue weighted by atomic mass is 32.1. The molecular formula is C13H21N7S. The van der Waals surface area contributed by atoms with E-state index in [4.69, 9.17) is 5.84 Å². The Morgan fingerprint density at radius 3 is 2.62 bits per heavy atom. The van der Waals surface area contributed by atoms with Gasteiger partial charge in [-0.25, -0.2) is 5.84 Å². The summed E-state index contributed by atoms with van der Waals surface area (Å²) >= 11 is 1.73. The minimum atomic E-state index is 0.193. The van der Waals surface area contributed by atoms with Crippen molar-refractivity contribution in [2.45, 2.75) is 25.8 Å². The van der Waals surface area contributed by atoms with E-state index in [-0.39, 0.29) is 6.04 Å². The molecule has 0 aliphatic rings. The van der Waals surface area contributed by atoms with E-state index in [0.717, 1.165) is 12.8 Å². The van der Waals surface area contributed by atoms with Gasteiger partial charge in [0.15, 0.2) is 0 Å². The summed E-state index contributed by atoms with van der Waals surface area (Å²) < 4.78 is 0. The van der Waals surface area contributed by atoms with Gasteiger partial charge in [0.05, 0.1) is 6.04 Å². The lowest BCUT2D eigenvalue weighted by atomic mass is 10.1. The fourth-order valence-corrected chi connectivity index (χ4v) is 2.73. The Hall–Kier alpha value is -1.93. The first-order valence-electron chi connectivity index (χ1n) is 6.84. The first-order valence-corrected chi connectivity index (χ1v) is 7.72. The molecule has 8 heteroatoms. The van der Waals surface area contributed by atoms with Crippen LogP contribution >= 0.6 is 11.3 Å². The molecular weight excluding hydrogens is 286 g/mol. The maximum absolute atomic E-state index is 5.42. The molecule has 4 N–H and O–H groups in total. The van der Waals surface area contributed by atoms with E-state index in [0.29, 0.717) is 17.8 Å². The zero-order valence-electron chi connectivity index (χ0n) is 12.5. The van der Waals surface area contributed by atoms with Crippen LogP contribution in [0.2, 0.25) is 0 Å². The van der Waals surface area contributed by atoms with Crippen molar-refractivity contribution >= 4 is 29.2 Å². The van der Waals surface area contributed by atoms with Gasteiger partial charge in [0.2, 0.25) is 17.8 Å². The third-order valence-electron chi connectivity index (χ3n) is 2.92. The lowest BCUT2D eigenvalue weighted by molar-refractivity contribution is 0.680. The van der Waals surface area contributed by atoms with E-state index < -0.39 is 0 Å². The van der Waals surface area contributed by atoms with Crippen molar-refractivity contribution in [2.24, 2.45) is 5.84 Å². The van der Waals surface area contributed by atoms with Crippen molar-refractivity contribution in [2.75, 3.05) is 29.7 Å². The summed E-state index contributed by atoms with van der Waals surface area (Å²) in [4.78, 5) is 16.0. The van der Waals surface area contributed by atoms with Crippen LogP contribution in [0.4, 0.5) is 17.8 Å². The van der Waals surface area contributed by atoms with Crippen molar-refractivity contribution in [3.05, 3.63) is 22.4 Å². The number of hydrogen-bond donors (Lipinski definition) is 3. The van der Waals surface area contributed by atoms with Crippen LogP contribution in [-0.4, -0.2) is 29.0 Å². The first kappa shape index (κ1) is 15.5. The third kappa shape index (κ3) is 4.02. The van der Waals surface area contributed by atoms with Gasteiger partial charge in [-0.15, -0.1) is 11.3 Å².